The Labute approximate surface area is 220 Å². The number of carbonyl (C=O) groups is 1. The Morgan fingerprint density at radius 1 is 1.03 bits per heavy atom. The topological polar surface area (TPSA) is 130 Å². The van der Waals surface area contributed by atoms with E-state index < -0.39 is 6.09 Å². The average Bonchev–Trinajstić information content (AvgIpc) is 3.35. The van der Waals surface area contributed by atoms with Gasteiger partial charge in [-0.15, -0.1) is 0 Å². The summed E-state index contributed by atoms with van der Waals surface area (Å²) in [4.78, 5) is 23.6. The number of pyridine rings is 1. The zero-order valence-electron chi connectivity index (χ0n) is 21.3. The number of amides is 1. The molecule has 0 aliphatic heterocycles. The number of nitrogens with one attached hydrogen (secondary N) is 2. The third-order valence-electron chi connectivity index (χ3n) is 6.81. The second-order valence-electron chi connectivity index (χ2n) is 9.33. The van der Waals surface area contributed by atoms with Crippen LogP contribution in [0.5, 0.6) is 0 Å². The lowest BCUT2D eigenvalue weighted by Crippen LogP contribution is -2.13. The monoisotopic (exact) mass is 509 g/mol. The number of imidazole rings is 1. The Morgan fingerprint density at radius 2 is 1.76 bits per heavy atom. The van der Waals surface area contributed by atoms with Gasteiger partial charge in [0.15, 0.2) is 0 Å². The van der Waals surface area contributed by atoms with Gasteiger partial charge in [-0.2, -0.15) is 0 Å². The molecule has 1 amide bonds. The molecule has 3 aromatic heterocycles. The van der Waals surface area contributed by atoms with Gasteiger partial charge < -0.3 is 21.5 Å². The number of nitrogens with zero attached hydrogens (tertiary/aromatic N) is 4. The van der Waals surface area contributed by atoms with Gasteiger partial charge in [0, 0.05) is 42.0 Å². The molecule has 1 aliphatic carbocycles. The van der Waals surface area contributed by atoms with Crippen LogP contribution >= 0.6 is 0 Å². The summed E-state index contributed by atoms with van der Waals surface area (Å²) in [5, 5.41) is 14.0. The summed E-state index contributed by atoms with van der Waals surface area (Å²) < 4.78 is 2.15. The molecule has 1 aliphatic rings. The number of para-hydroxylation sites is 1. The largest absolute Gasteiger partial charge is 0.465 e. The van der Waals surface area contributed by atoms with Crippen LogP contribution in [0.25, 0.3) is 27.7 Å². The molecule has 5 aromatic rings. The third-order valence-corrected chi connectivity index (χ3v) is 6.81. The molecule has 38 heavy (non-hydrogen) atoms. The van der Waals surface area contributed by atoms with E-state index in [1.807, 2.05) is 47.9 Å². The number of hydrogen-bond donors (Lipinski definition) is 4. The zero-order chi connectivity index (χ0) is 26.5. The van der Waals surface area contributed by atoms with Crippen molar-refractivity contribution in [1.82, 2.24) is 24.7 Å². The van der Waals surface area contributed by atoms with Crippen molar-refractivity contribution in [3.05, 3.63) is 78.9 Å². The van der Waals surface area contributed by atoms with E-state index in [-0.39, 0.29) is 0 Å². The van der Waals surface area contributed by atoms with Crippen molar-refractivity contribution >= 4 is 39.8 Å². The number of nitrogen functional groups attached to an aromatic ring is 1. The molecule has 1 fully saturated rings. The lowest BCUT2D eigenvalue weighted by molar-refractivity contribution is 0.197. The average molecular weight is 510 g/mol. The second-order valence-corrected chi connectivity index (χ2v) is 9.33. The molecule has 5 N–H and O–H groups in total. The Hall–Kier alpha value is -4.66. The molecule has 1 saturated carbocycles. The van der Waals surface area contributed by atoms with E-state index in [1.54, 1.807) is 6.20 Å². The summed E-state index contributed by atoms with van der Waals surface area (Å²) in [5.41, 5.74) is 11.1. The highest BCUT2D eigenvalue weighted by molar-refractivity contribution is 5.91. The number of nitrogens with two attached hydrogens (primary N) is 1. The Bertz CT molecular complexity index is 1560. The summed E-state index contributed by atoms with van der Waals surface area (Å²) >= 11 is 0. The van der Waals surface area contributed by atoms with Gasteiger partial charge in [0.2, 0.25) is 0 Å². The smallest absolute Gasteiger partial charge is 0.404 e. The van der Waals surface area contributed by atoms with Crippen LogP contribution in [0, 0.1) is 0 Å². The molecule has 0 unspecified atom stereocenters. The first kappa shape index (κ1) is 25.0. The third kappa shape index (κ3) is 5.36. The fourth-order valence-electron chi connectivity index (χ4n) is 4.94. The molecule has 0 radical (unpaired) electrons. The number of carboxylic acid groups (broad SMARTS) is 1. The molecule has 0 saturated heterocycles. The molecule has 9 heteroatoms. The molecule has 0 atom stereocenters. The van der Waals surface area contributed by atoms with Gasteiger partial charge >= 0.3 is 6.09 Å². The number of rotatable bonds is 4. The standard InChI is InChI=1S/C27H26N6.C2H5NO2/c28-26-25-24(32-27(33(25)16-15-29-26)19-7-3-1-4-8-19)20-12-11-18-13-14-23(31-22(18)17-20)30-21-9-5-2-6-10-21;1-3-2(4)5/h2,5-6,9-17,19H,1,3-4,7-8H2,(H2,28,29)(H,30,31);3H,1H3,(H,4,5). The maximum atomic E-state index is 9.26. The number of fused-ring (bicyclic) bond motifs is 2. The predicted octanol–water partition coefficient (Wildman–Crippen LogP) is 6.20. The van der Waals surface area contributed by atoms with Crippen LogP contribution in [0.1, 0.15) is 43.8 Å². The number of benzene rings is 2. The van der Waals surface area contributed by atoms with Crippen LogP contribution in [0.2, 0.25) is 0 Å². The van der Waals surface area contributed by atoms with Gasteiger partial charge in [-0.1, -0.05) is 49.6 Å². The minimum Gasteiger partial charge on any atom is -0.465 e. The molecule has 0 bridgehead atoms. The van der Waals surface area contributed by atoms with E-state index in [1.165, 1.54) is 39.2 Å². The Kier molecular flexibility index (Phi) is 7.35. The molecular formula is C29H31N7O2. The van der Waals surface area contributed by atoms with Crippen LogP contribution in [-0.4, -0.2) is 37.6 Å². The van der Waals surface area contributed by atoms with E-state index in [9.17, 15) is 4.79 Å². The lowest BCUT2D eigenvalue weighted by atomic mass is 9.89. The van der Waals surface area contributed by atoms with Gasteiger partial charge in [-0.25, -0.2) is 19.7 Å². The fourth-order valence-corrected chi connectivity index (χ4v) is 4.94. The fraction of sp³-hybridized carbons (Fsp3) is 0.241. The molecule has 2 aromatic carbocycles. The first-order chi connectivity index (χ1) is 18.5. The number of anilines is 3. The Morgan fingerprint density at radius 3 is 2.50 bits per heavy atom. The summed E-state index contributed by atoms with van der Waals surface area (Å²) in [6, 6.07) is 20.5. The van der Waals surface area contributed by atoms with Crippen LogP contribution in [-0.2, 0) is 0 Å². The summed E-state index contributed by atoms with van der Waals surface area (Å²) in [6.45, 7) is 0. The number of hydrogen-bond acceptors (Lipinski definition) is 6. The van der Waals surface area contributed by atoms with Gasteiger partial charge in [0.05, 0.1) is 5.52 Å². The van der Waals surface area contributed by atoms with Crippen LogP contribution < -0.4 is 16.4 Å². The van der Waals surface area contributed by atoms with Crippen molar-refractivity contribution in [3.63, 3.8) is 0 Å². The van der Waals surface area contributed by atoms with Crippen molar-refractivity contribution in [3.8, 4) is 11.3 Å². The van der Waals surface area contributed by atoms with Gasteiger partial charge in [-0.05, 0) is 43.2 Å². The van der Waals surface area contributed by atoms with Crippen molar-refractivity contribution < 1.29 is 9.90 Å². The maximum absolute atomic E-state index is 9.26. The van der Waals surface area contributed by atoms with Crippen molar-refractivity contribution in [2.75, 3.05) is 18.1 Å². The van der Waals surface area contributed by atoms with E-state index in [0.29, 0.717) is 11.7 Å². The van der Waals surface area contributed by atoms with Crippen molar-refractivity contribution in [1.29, 1.82) is 0 Å². The maximum Gasteiger partial charge on any atom is 0.404 e. The molecule has 9 nitrogen and oxygen atoms in total. The molecule has 3 heterocycles. The first-order valence-electron chi connectivity index (χ1n) is 12.8. The minimum atomic E-state index is -0.995. The molecule has 194 valence electrons. The Balaban J connectivity index is 0.000000540. The van der Waals surface area contributed by atoms with Gasteiger partial charge in [0.1, 0.15) is 28.7 Å². The van der Waals surface area contributed by atoms with E-state index >= 15 is 0 Å². The van der Waals surface area contributed by atoms with E-state index in [2.05, 4.69) is 39.0 Å². The zero-order valence-corrected chi connectivity index (χ0v) is 21.3. The van der Waals surface area contributed by atoms with Gasteiger partial charge in [-0.3, -0.25) is 4.40 Å². The van der Waals surface area contributed by atoms with Crippen LogP contribution in [0.4, 0.5) is 22.1 Å². The summed E-state index contributed by atoms with van der Waals surface area (Å²) in [5.74, 6) is 2.88. The van der Waals surface area contributed by atoms with Crippen LogP contribution in [0.3, 0.4) is 0 Å². The predicted molar refractivity (Wildman–Crippen MR) is 151 cm³/mol. The normalized spacial score (nSPS) is 13.6. The SMILES string of the molecule is CNC(=O)O.Nc1nccn2c(C3CCCCC3)nc(-c3ccc4ccc(Nc5ccccc5)nc4c3)c12. The van der Waals surface area contributed by atoms with Crippen LogP contribution in [0.15, 0.2) is 73.1 Å². The summed E-state index contributed by atoms with van der Waals surface area (Å²) in [7, 11) is 1.35. The molecular weight excluding hydrogens is 478 g/mol. The highest BCUT2D eigenvalue weighted by Crippen LogP contribution is 2.37. The van der Waals surface area contributed by atoms with E-state index in [0.717, 1.165) is 45.0 Å². The molecule has 0 spiro atoms. The first-order valence-corrected chi connectivity index (χ1v) is 12.8. The second kappa shape index (κ2) is 11.2. The quantitative estimate of drug-likeness (QED) is 0.227. The van der Waals surface area contributed by atoms with E-state index in [4.69, 9.17) is 20.8 Å². The minimum absolute atomic E-state index is 0.460. The van der Waals surface area contributed by atoms with Crippen molar-refractivity contribution in [2.45, 2.75) is 38.0 Å². The number of aromatic nitrogens is 4. The van der Waals surface area contributed by atoms with Crippen molar-refractivity contribution in [2.24, 2.45) is 0 Å². The highest BCUT2D eigenvalue weighted by Gasteiger charge is 2.24. The van der Waals surface area contributed by atoms with Gasteiger partial charge in [0.25, 0.3) is 0 Å². The summed E-state index contributed by atoms with van der Waals surface area (Å²) in [6.07, 6.45) is 8.94. The lowest BCUT2D eigenvalue weighted by Gasteiger charge is -2.20. The highest BCUT2D eigenvalue weighted by atomic mass is 16.4. The molecule has 6 rings (SSSR count).